The molecule has 1 amide bonds. The topological polar surface area (TPSA) is 119 Å². The third-order valence-electron chi connectivity index (χ3n) is 7.19. The molecule has 1 aliphatic rings. The van der Waals surface area contributed by atoms with Crippen LogP contribution in [0.25, 0.3) is 38.6 Å². The molecule has 4 N–H and O–H groups in total. The lowest BCUT2D eigenvalue weighted by molar-refractivity contribution is 0.0995. The summed E-state index contributed by atoms with van der Waals surface area (Å²) in [6.07, 6.45) is 6.36. The SMILES string of the molecule is Cc1nn(-c2cnc(C(N)=O)c(NC3CCC(O)CC3)c2)c2cccc(-c3cnc4ccccc4c3)c12. The molecule has 3 heterocycles. The number of para-hydroxylation sites is 1. The number of primary amides is 1. The second-order valence-corrected chi connectivity index (χ2v) is 9.72. The van der Waals surface area contributed by atoms with E-state index < -0.39 is 5.91 Å². The number of hydrogen-bond acceptors (Lipinski definition) is 6. The average molecular weight is 493 g/mol. The first-order chi connectivity index (χ1) is 18.0. The van der Waals surface area contributed by atoms with Crippen LogP contribution < -0.4 is 11.1 Å². The summed E-state index contributed by atoms with van der Waals surface area (Å²) in [5.74, 6) is -0.586. The number of pyridine rings is 2. The molecule has 0 atom stereocenters. The minimum absolute atomic E-state index is 0.140. The van der Waals surface area contributed by atoms with E-state index in [0.717, 1.165) is 70.0 Å². The second-order valence-electron chi connectivity index (χ2n) is 9.72. The van der Waals surface area contributed by atoms with E-state index in [2.05, 4.69) is 33.5 Å². The second kappa shape index (κ2) is 9.29. The molecule has 8 heteroatoms. The van der Waals surface area contributed by atoms with Crippen molar-refractivity contribution in [3.05, 3.63) is 78.4 Å². The summed E-state index contributed by atoms with van der Waals surface area (Å²) in [6, 6.07) is 18.4. The number of aliphatic hydroxyl groups excluding tert-OH is 1. The highest BCUT2D eigenvalue weighted by Gasteiger charge is 2.22. The number of benzene rings is 2. The van der Waals surface area contributed by atoms with Gasteiger partial charge >= 0.3 is 0 Å². The van der Waals surface area contributed by atoms with E-state index in [1.165, 1.54) is 0 Å². The van der Waals surface area contributed by atoms with Gasteiger partial charge in [0.05, 0.1) is 40.4 Å². The Morgan fingerprint density at radius 1 is 1.03 bits per heavy atom. The van der Waals surface area contributed by atoms with Gasteiger partial charge in [0, 0.05) is 28.6 Å². The number of anilines is 1. The zero-order valence-electron chi connectivity index (χ0n) is 20.6. The lowest BCUT2D eigenvalue weighted by Crippen LogP contribution is -2.29. The molecule has 0 unspecified atom stereocenters. The third-order valence-corrected chi connectivity index (χ3v) is 7.19. The first-order valence-corrected chi connectivity index (χ1v) is 12.6. The van der Waals surface area contributed by atoms with Crippen molar-refractivity contribution in [2.24, 2.45) is 5.73 Å². The van der Waals surface area contributed by atoms with Gasteiger partial charge in [0.1, 0.15) is 0 Å². The number of amides is 1. The van der Waals surface area contributed by atoms with Gasteiger partial charge in [-0.25, -0.2) is 9.67 Å². The van der Waals surface area contributed by atoms with Gasteiger partial charge in [-0.05, 0) is 62.4 Å². The predicted molar refractivity (Wildman–Crippen MR) is 145 cm³/mol. The van der Waals surface area contributed by atoms with E-state index in [1.807, 2.05) is 54.2 Å². The maximum Gasteiger partial charge on any atom is 0.269 e. The van der Waals surface area contributed by atoms with E-state index in [1.54, 1.807) is 6.20 Å². The van der Waals surface area contributed by atoms with Crippen molar-refractivity contribution in [2.75, 3.05) is 5.32 Å². The molecular formula is C29H28N6O2. The fraction of sp³-hybridized carbons (Fsp3) is 0.241. The van der Waals surface area contributed by atoms with Gasteiger partial charge in [0.25, 0.3) is 5.91 Å². The number of aromatic nitrogens is 4. The van der Waals surface area contributed by atoms with Crippen LogP contribution in [0.3, 0.4) is 0 Å². The smallest absolute Gasteiger partial charge is 0.269 e. The van der Waals surface area contributed by atoms with Crippen LogP contribution in [-0.4, -0.2) is 42.9 Å². The number of aliphatic hydroxyl groups is 1. The van der Waals surface area contributed by atoms with Gasteiger partial charge in [-0.2, -0.15) is 5.10 Å². The predicted octanol–water partition coefficient (Wildman–Crippen LogP) is 4.76. The largest absolute Gasteiger partial charge is 0.393 e. The van der Waals surface area contributed by atoms with Crippen LogP contribution in [0.4, 0.5) is 5.69 Å². The molecule has 0 spiro atoms. The van der Waals surface area contributed by atoms with Crippen molar-refractivity contribution in [3.63, 3.8) is 0 Å². The fourth-order valence-corrected chi connectivity index (χ4v) is 5.32. The number of nitrogens with two attached hydrogens (primary N) is 1. The average Bonchev–Trinajstić information content (AvgIpc) is 3.26. The molecule has 1 fully saturated rings. The van der Waals surface area contributed by atoms with Crippen LogP contribution >= 0.6 is 0 Å². The number of carbonyl (C=O) groups is 1. The number of fused-ring (bicyclic) bond motifs is 2. The summed E-state index contributed by atoms with van der Waals surface area (Å²) in [5.41, 5.74) is 12.0. The molecule has 186 valence electrons. The minimum atomic E-state index is -0.586. The van der Waals surface area contributed by atoms with Crippen molar-refractivity contribution < 1.29 is 9.90 Å². The Bertz CT molecular complexity index is 1630. The summed E-state index contributed by atoms with van der Waals surface area (Å²) >= 11 is 0. The molecule has 1 saturated carbocycles. The van der Waals surface area contributed by atoms with Crippen LogP contribution in [0.2, 0.25) is 0 Å². The van der Waals surface area contributed by atoms with Crippen LogP contribution in [0.5, 0.6) is 0 Å². The molecule has 37 heavy (non-hydrogen) atoms. The van der Waals surface area contributed by atoms with Crippen LogP contribution in [0.1, 0.15) is 41.9 Å². The molecular weight excluding hydrogens is 464 g/mol. The maximum atomic E-state index is 12.1. The summed E-state index contributed by atoms with van der Waals surface area (Å²) in [5, 5.41) is 20.3. The van der Waals surface area contributed by atoms with Crippen LogP contribution in [0, 0.1) is 6.92 Å². The first-order valence-electron chi connectivity index (χ1n) is 12.6. The van der Waals surface area contributed by atoms with Gasteiger partial charge in [0.2, 0.25) is 0 Å². The normalized spacial score (nSPS) is 17.8. The standard InChI is InChI=1S/C29H28N6O2/c1-17-27-23(19-13-18-5-2-3-7-24(18)31-15-19)6-4-8-26(27)35(34-17)21-14-25(28(29(30)37)32-16-21)33-20-9-11-22(36)12-10-20/h2-8,13-16,20,22,33,36H,9-12H2,1H3,(H2,30,37). The van der Waals surface area contributed by atoms with E-state index in [9.17, 15) is 9.90 Å². The molecule has 0 radical (unpaired) electrons. The summed E-state index contributed by atoms with van der Waals surface area (Å²) < 4.78 is 1.86. The van der Waals surface area contributed by atoms with Crippen molar-refractivity contribution in [2.45, 2.75) is 44.8 Å². The highest BCUT2D eigenvalue weighted by Crippen LogP contribution is 2.34. The van der Waals surface area contributed by atoms with Crippen LogP contribution in [-0.2, 0) is 0 Å². The van der Waals surface area contributed by atoms with Gasteiger partial charge in [-0.1, -0.05) is 30.3 Å². The first kappa shape index (κ1) is 23.1. The van der Waals surface area contributed by atoms with Crippen LogP contribution in [0.15, 0.2) is 67.0 Å². The fourth-order valence-electron chi connectivity index (χ4n) is 5.32. The monoisotopic (exact) mass is 492 g/mol. The Balaban J connectivity index is 1.43. The van der Waals surface area contributed by atoms with Crippen molar-refractivity contribution in [1.82, 2.24) is 19.7 Å². The van der Waals surface area contributed by atoms with E-state index in [4.69, 9.17) is 10.8 Å². The molecule has 0 aliphatic heterocycles. The lowest BCUT2D eigenvalue weighted by Gasteiger charge is -2.27. The summed E-state index contributed by atoms with van der Waals surface area (Å²) in [7, 11) is 0. The molecule has 2 aromatic carbocycles. The molecule has 5 aromatic rings. The Kier molecular flexibility index (Phi) is 5.81. The highest BCUT2D eigenvalue weighted by molar-refractivity contribution is 5.99. The molecule has 8 nitrogen and oxygen atoms in total. The molecule has 3 aromatic heterocycles. The number of carbonyl (C=O) groups excluding carboxylic acids is 1. The lowest BCUT2D eigenvalue weighted by atomic mass is 9.93. The van der Waals surface area contributed by atoms with Crippen molar-refractivity contribution in [1.29, 1.82) is 0 Å². The number of hydrogen-bond donors (Lipinski definition) is 3. The Labute approximate surface area is 214 Å². The Morgan fingerprint density at radius 3 is 2.65 bits per heavy atom. The number of aryl methyl sites for hydroxylation is 1. The van der Waals surface area contributed by atoms with Gasteiger partial charge in [-0.3, -0.25) is 9.78 Å². The van der Waals surface area contributed by atoms with E-state index in [0.29, 0.717) is 5.69 Å². The van der Waals surface area contributed by atoms with Crippen molar-refractivity contribution in [3.8, 4) is 16.8 Å². The van der Waals surface area contributed by atoms with Gasteiger partial charge < -0.3 is 16.2 Å². The number of nitrogens with one attached hydrogen (secondary N) is 1. The van der Waals surface area contributed by atoms with Gasteiger partial charge in [-0.15, -0.1) is 0 Å². The molecule has 1 aliphatic carbocycles. The Morgan fingerprint density at radius 2 is 1.84 bits per heavy atom. The number of rotatable bonds is 5. The highest BCUT2D eigenvalue weighted by atomic mass is 16.3. The zero-order chi connectivity index (χ0) is 25.5. The van der Waals surface area contributed by atoms with E-state index >= 15 is 0 Å². The summed E-state index contributed by atoms with van der Waals surface area (Å²) in [4.78, 5) is 21.2. The molecule has 0 saturated heterocycles. The maximum absolute atomic E-state index is 12.1. The third kappa shape index (κ3) is 4.29. The quantitative estimate of drug-likeness (QED) is 0.326. The molecule has 0 bridgehead atoms. The summed E-state index contributed by atoms with van der Waals surface area (Å²) in [6.45, 7) is 1.99. The van der Waals surface area contributed by atoms with Crippen molar-refractivity contribution >= 4 is 33.4 Å². The van der Waals surface area contributed by atoms with Gasteiger partial charge in [0.15, 0.2) is 5.69 Å². The Hall–Kier alpha value is -4.30. The number of nitrogens with zero attached hydrogens (tertiary/aromatic N) is 4. The molecule has 6 rings (SSSR count). The minimum Gasteiger partial charge on any atom is -0.393 e. The van der Waals surface area contributed by atoms with E-state index in [-0.39, 0.29) is 17.8 Å². The zero-order valence-corrected chi connectivity index (χ0v) is 20.6.